The largest absolute Gasteiger partial charge is 0.359 e. The Labute approximate surface area is 135 Å². The maximum atomic E-state index is 12.4. The van der Waals surface area contributed by atoms with Gasteiger partial charge in [-0.15, -0.1) is 12.4 Å². The number of rotatable bonds is 3. The number of carbonyl (C=O) groups is 1. The van der Waals surface area contributed by atoms with Gasteiger partial charge in [0.2, 0.25) is 0 Å². The molecule has 0 aromatic carbocycles. The summed E-state index contributed by atoms with van der Waals surface area (Å²) >= 11 is 0. The molecule has 1 aliphatic rings. The lowest BCUT2D eigenvalue weighted by atomic mass is 10.2. The second-order valence-corrected chi connectivity index (χ2v) is 5.50. The molecule has 1 N–H and O–H groups in total. The molecule has 0 bridgehead atoms. The number of halogens is 1. The molecule has 0 radical (unpaired) electrons. The Morgan fingerprint density at radius 3 is 3.05 bits per heavy atom. The fourth-order valence-corrected chi connectivity index (χ4v) is 2.48. The highest BCUT2D eigenvalue weighted by molar-refractivity contribution is 5.92. The molecule has 1 aliphatic heterocycles. The van der Waals surface area contributed by atoms with Crippen LogP contribution in [0.1, 0.15) is 28.7 Å². The van der Waals surface area contributed by atoms with Crippen LogP contribution in [0.2, 0.25) is 0 Å². The van der Waals surface area contributed by atoms with Gasteiger partial charge in [-0.05, 0) is 19.4 Å². The van der Waals surface area contributed by atoms with Crippen molar-refractivity contribution in [3.05, 3.63) is 35.5 Å². The minimum absolute atomic E-state index is 0. The van der Waals surface area contributed by atoms with E-state index in [1.54, 1.807) is 21.8 Å². The molecule has 22 heavy (non-hydrogen) atoms. The summed E-state index contributed by atoms with van der Waals surface area (Å²) in [5.74, 6) is 0.555. The van der Waals surface area contributed by atoms with Crippen molar-refractivity contribution in [2.45, 2.75) is 26.4 Å². The summed E-state index contributed by atoms with van der Waals surface area (Å²) in [6.07, 6.45) is 3.70. The summed E-state index contributed by atoms with van der Waals surface area (Å²) < 4.78 is 7.00. The van der Waals surface area contributed by atoms with Gasteiger partial charge in [0.25, 0.3) is 5.91 Å². The molecule has 7 nitrogen and oxygen atoms in total. The van der Waals surface area contributed by atoms with E-state index in [2.05, 4.69) is 22.5 Å². The first kappa shape index (κ1) is 16.5. The third-order valence-corrected chi connectivity index (χ3v) is 3.51. The normalized spacial score (nSPS) is 18.1. The van der Waals surface area contributed by atoms with E-state index in [0.29, 0.717) is 37.1 Å². The van der Waals surface area contributed by atoms with Crippen molar-refractivity contribution < 1.29 is 9.32 Å². The van der Waals surface area contributed by atoms with Crippen molar-refractivity contribution in [3.8, 4) is 0 Å². The Morgan fingerprint density at radius 2 is 2.36 bits per heavy atom. The molecule has 1 fully saturated rings. The molecule has 3 heterocycles. The lowest BCUT2D eigenvalue weighted by molar-refractivity contribution is 0.0698. The number of hydrogen-bond donors (Lipinski definition) is 1. The summed E-state index contributed by atoms with van der Waals surface area (Å²) in [7, 11) is 0. The predicted molar refractivity (Wildman–Crippen MR) is 83.2 cm³/mol. The molecular formula is C14H20ClN5O2. The van der Waals surface area contributed by atoms with Gasteiger partial charge in [0.05, 0.1) is 6.20 Å². The van der Waals surface area contributed by atoms with Crippen LogP contribution in [0, 0.1) is 6.92 Å². The smallest absolute Gasteiger partial charge is 0.276 e. The highest BCUT2D eigenvalue weighted by Crippen LogP contribution is 2.10. The van der Waals surface area contributed by atoms with Crippen LogP contribution < -0.4 is 5.32 Å². The van der Waals surface area contributed by atoms with Gasteiger partial charge in [0.15, 0.2) is 11.5 Å². The number of aryl methyl sites for hydroxylation is 1. The topological polar surface area (TPSA) is 76.2 Å². The molecule has 1 saturated heterocycles. The number of aromatic nitrogens is 3. The molecule has 1 amide bonds. The lowest BCUT2D eigenvalue weighted by Gasteiger charge is -2.31. The fourth-order valence-electron chi connectivity index (χ4n) is 2.48. The second-order valence-electron chi connectivity index (χ2n) is 5.50. The van der Waals surface area contributed by atoms with E-state index in [1.165, 1.54) is 0 Å². The van der Waals surface area contributed by atoms with Crippen molar-refractivity contribution in [2.75, 3.05) is 19.6 Å². The molecule has 120 valence electrons. The first-order valence-corrected chi connectivity index (χ1v) is 7.09. The Hall–Kier alpha value is -1.86. The molecule has 0 spiro atoms. The van der Waals surface area contributed by atoms with Crippen LogP contribution in [0.15, 0.2) is 23.0 Å². The van der Waals surface area contributed by atoms with Crippen molar-refractivity contribution >= 4 is 18.3 Å². The third-order valence-electron chi connectivity index (χ3n) is 3.51. The Morgan fingerprint density at radius 1 is 1.55 bits per heavy atom. The predicted octanol–water partition coefficient (Wildman–Crippen LogP) is 1.08. The SMILES string of the molecule is Cc1cnn(Cc2cc(C(=O)N3CCN[C@H](C)C3)no2)c1.Cl. The minimum atomic E-state index is -0.0741. The summed E-state index contributed by atoms with van der Waals surface area (Å²) in [5, 5.41) is 11.4. The van der Waals surface area contributed by atoms with E-state index in [0.717, 1.165) is 12.1 Å². The van der Waals surface area contributed by atoms with Crippen LogP contribution in [-0.2, 0) is 6.54 Å². The van der Waals surface area contributed by atoms with Crippen molar-refractivity contribution in [1.29, 1.82) is 0 Å². The summed E-state index contributed by atoms with van der Waals surface area (Å²) in [4.78, 5) is 14.2. The Kier molecular flexibility index (Phi) is 5.20. The standard InChI is InChI=1S/C14H19N5O2.ClH/c1-10-6-16-19(7-10)9-12-5-13(17-21-12)14(20)18-4-3-15-11(2)8-18;/h5-7,11,15H,3-4,8-9H2,1-2H3;1H/t11-;/m1./s1. The van der Waals surface area contributed by atoms with Crippen LogP contribution in [-0.4, -0.2) is 51.4 Å². The van der Waals surface area contributed by atoms with E-state index in [-0.39, 0.29) is 18.3 Å². The number of piperazine rings is 1. The molecule has 2 aromatic rings. The minimum Gasteiger partial charge on any atom is -0.359 e. The molecule has 2 aromatic heterocycles. The zero-order valence-electron chi connectivity index (χ0n) is 12.7. The molecular weight excluding hydrogens is 306 g/mol. The van der Waals surface area contributed by atoms with Crippen LogP contribution >= 0.6 is 12.4 Å². The van der Waals surface area contributed by atoms with Gasteiger partial charge in [0, 0.05) is 37.9 Å². The van der Waals surface area contributed by atoms with Gasteiger partial charge in [-0.3, -0.25) is 9.48 Å². The average Bonchev–Trinajstić information content (AvgIpc) is 3.08. The quantitative estimate of drug-likeness (QED) is 0.914. The molecule has 0 saturated carbocycles. The first-order valence-electron chi connectivity index (χ1n) is 7.09. The number of hydrogen-bond acceptors (Lipinski definition) is 5. The lowest BCUT2D eigenvalue weighted by Crippen LogP contribution is -2.51. The Balaban J connectivity index is 0.00000176. The fraction of sp³-hybridized carbons (Fsp3) is 0.500. The van der Waals surface area contributed by atoms with Gasteiger partial charge in [0.1, 0.15) is 6.54 Å². The zero-order valence-corrected chi connectivity index (χ0v) is 13.5. The molecule has 0 aliphatic carbocycles. The second kappa shape index (κ2) is 6.93. The number of amides is 1. The molecule has 0 unspecified atom stereocenters. The third kappa shape index (κ3) is 3.66. The summed E-state index contributed by atoms with van der Waals surface area (Å²) in [6, 6.07) is 2.01. The van der Waals surface area contributed by atoms with Gasteiger partial charge >= 0.3 is 0 Å². The van der Waals surface area contributed by atoms with E-state index < -0.39 is 0 Å². The van der Waals surface area contributed by atoms with E-state index in [4.69, 9.17) is 4.52 Å². The summed E-state index contributed by atoms with van der Waals surface area (Å²) in [5.41, 5.74) is 1.45. The number of nitrogens with zero attached hydrogens (tertiary/aromatic N) is 4. The van der Waals surface area contributed by atoms with Gasteiger partial charge < -0.3 is 14.7 Å². The van der Waals surface area contributed by atoms with Gasteiger partial charge in [-0.1, -0.05) is 5.16 Å². The van der Waals surface area contributed by atoms with Crippen LogP contribution in [0.4, 0.5) is 0 Å². The summed E-state index contributed by atoms with van der Waals surface area (Å²) in [6.45, 7) is 6.72. The van der Waals surface area contributed by atoms with Gasteiger partial charge in [-0.25, -0.2) is 0 Å². The molecule has 1 atom stereocenters. The zero-order chi connectivity index (χ0) is 14.8. The van der Waals surface area contributed by atoms with Crippen LogP contribution in [0.3, 0.4) is 0 Å². The monoisotopic (exact) mass is 325 g/mol. The maximum Gasteiger partial charge on any atom is 0.276 e. The van der Waals surface area contributed by atoms with E-state index in [9.17, 15) is 4.79 Å². The maximum absolute atomic E-state index is 12.4. The highest BCUT2D eigenvalue weighted by atomic mass is 35.5. The van der Waals surface area contributed by atoms with Crippen molar-refractivity contribution in [3.63, 3.8) is 0 Å². The van der Waals surface area contributed by atoms with Crippen molar-refractivity contribution in [2.24, 2.45) is 0 Å². The number of nitrogens with one attached hydrogen (secondary N) is 1. The number of carbonyl (C=O) groups excluding carboxylic acids is 1. The Bertz CT molecular complexity index is 639. The van der Waals surface area contributed by atoms with Gasteiger partial charge in [-0.2, -0.15) is 5.10 Å². The highest BCUT2D eigenvalue weighted by Gasteiger charge is 2.24. The van der Waals surface area contributed by atoms with E-state index in [1.807, 2.05) is 13.1 Å². The van der Waals surface area contributed by atoms with Crippen LogP contribution in [0.5, 0.6) is 0 Å². The van der Waals surface area contributed by atoms with E-state index >= 15 is 0 Å². The first-order chi connectivity index (χ1) is 10.1. The van der Waals surface area contributed by atoms with Crippen LogP contribution in [0.25, 0.3) is 0 Å². The molecule has 3 rings (SSSR count). The van der Waals surface area contributed by atoms with Crippen molar-refractivity contribution in [1.82, 2.24) is 25.2 Å². The average molecular weight is 326 g/mol. The molecule has 8 heteroatoms.